The smallest absolute Gasteiger partial charge is 0.120 e. The van der Waals surface area contributed by atoms with E-state index in [1.165, 1.54) is 25.7 Å². The third-order valence-corrected chi connectivity index (χ3v) is 3.45. The number of nitrogens with one attached hydrogen (secondary N) is 2. The summed E-state index contributed by atoms with van der Waals surface area (Å²) in [6.45, 7) is 5.61. The lowest BCUT2D eigenvalue weighted by Gasteiger charge is -2.34. The maximum atomic E-state index is 4.21. The summed E-state index contributed by atoms with van der Waals surface area (Å²) in [7, 11) is 0. The first-order valence-corrected chi connectivity index (χ1v) is 5.87. The molecule has 1 heterocycles. The fourth-order valence-corrected chi connectivity index (χ4v) is 2.24. The van der Waals surface area contributed by atoms with E-state index in [0.717, 1.165) is 12.4 Å². The monoisotopic (exact) mass is 207 g/mol. The van der Waals surface area contributed by atoms with Gasteiger partial charge in [0.05, 0.1) is 6.54 Å². The Hall–Kier alpha value is -0.830. The van der Waals surface area contributed by atoms with Crippen LogP contribution in [0.3, 0.4) is 0 Å². The van der Waals surface area contributed by atoms with Crippen molar-refractivity contribution < 1.29 is 0 Å². The molecule has 1 aromatic heterocycles. The van der Waals surface area contributed by atoms with Crippen LogP contribution in [0.1, 0.15) is 45.4 Å². The minimum absolute atomic E-state index is 0.558. The molecular formula is C12H21N3. The number of hydrogen-bond acceptors (Lipinski definition) is 2. The Balaban J connectivity index is 1.73. The fraction of sp³-hybridized carbons (Fsp3) is 0.750. The normalized spacial score (nSPS) is 21.7. The van der Waals surface area contributed by atoms with Crippen molar-refractivity contribution in [2.24, 2.45) is 5.41 Å². The van der Waals surface area contributed by atoms with Crippen LogP contribution in [0.2, 0.25) is 0 Å². The predicted molar refractivity (Wildman–Crippen MR) is 61.5 cm³/mol. The summed E-state index contributed by atoms with van der Waals surface area (Å²) in [5.41, 5.74) is 0.558. The van der Waals surface area contributed by atoms with E-state index in [1.54, 1.807) is 6.20 Å². The molecule has 1 fully saturated rings. The second-order valence-corrected chi connectivity index (χ2v) is 5.36. The maximum Gasteiger partial charge on any atom is 0.120 e. The lowest BCUT2D eigenvalue weighted by atomic mass is 9.75. The molecule has 15 heavy (non-hydrogen) atoms. The van der Waals surface area contributed by atoms with Gasteiger partial charge < -0.3 is 10.3 Å². The Labute approximate surface area is 91.7 Å². The Morgan fingerprint density at radius 2 is 2.20 bits per heavy atom. The minimum Gasteiger partial charge on any atom is -0.348 e. The summed E-state index contributed by atoms with van der Waals surface area (Å²) in [4.78, 5) is 7.33. The molecule has 0 spiro atoms. The quantitative estimate of drug-likeness (QED) is 0.799. The molecule has 1 aliphatic rings. The molecular weight excluding hydrogens is 186 g/mol. The van der Waals surface area contributed by atoms with Crippen molar-refractivity contribution in [3.63, 3.8) is 0 Å². The standard InChI is InChI=1S/C12H21N3/c1-12(2)5-3-10(4-6-12)15-9-11-13-7-8-14-11/h7-8,10,15H,3-6,9H2,1-2H3,(H,13,14). The van der Waals surface area contributed by atoms with Gasteiger partial charge in [-0.2, -0.15) is 0 Å². The zero-order valence-corrected chi connectivity index (χ0v) is 9.71. The molecule has 3 heteroatoms. The number of imidazole rings is 1. The first kappa shape index (κ1) is 10.7. The highest BCUT2D eigenvalue weighted by molar-refractivity contribution is 4.88. The van der Waals surface area contributed by atoms with Gasteiger partial charge >= 0.3 is 0 Å². The van der Waals surface area contributed by atoms with Crippen molar-refractivity contribution in [2.75, 3.05) is 0 Å². The Bertz CT molecular complexity index is 280. The molecule has 2 N–H and O–H groups in total. The summed E-state index contributed by atoms with van der Waals surface area (Å²) in [5, 5.41) is 3.57. The molecule has 1 aromatic rings. The van der Waals surface area contributed by atoms with Crippen LogP contribution in [-0.4, -0.2) is 16.0 Å². The summed E-state index contributed by atoms with van der Waals surface area (Å²) in [6.07, 6.45) is 8.95. The van der Waals surface area contributed by atoms with Crippen LogP contribution < -0.4 is 5.32 Å². The van der Waals surface area contributed by atoms with Gasteiger partial charge in [0.1, 0.15) is 5.82 Å². The van der Waals surface area contributed by atoms with Crippen molar-refractivity contribution in [3.05, 3.63) is 18.2 Å². The van der Waals surface area contributed by atoms with Crippen molar-refractivity contribution in [1.82, 2.24) is 15.3 Å². The van der Waals surface area contributed by atoms with Crippen LogP contribution in [0.15, 0.2) is 12.4 Å². The van der Waals surface area contributed by atoms with E-state index in [9.17, 15) is 0 Å². The van der Waals surface area contributed by atoms with Crippen LogP contribution in [-0.2, 0) is 6.54 Å². The van der Waals surface area contributed by atoms with E-state index in [1.807, 2.05) is 6.20 Å². The Morgan fingerprint density at radius 1 is 1.47 bits per heavy atom. The first-order chi connectivity index (χ1) is 7.16. The molecule has 0 amide bonds. The molecule has 2 rings (SSSR count). The highest BCUT2D eigenvalue weighted by atomic mass is 15.0. The molecule has 3 nitrogen and oxygen atoms in total. The predicted octanol–water partition coefficient (Wildman–Crippen LogP) is 2.47. The zero-order valence-electron chi connectivity index (χ0n) is 9.71. The molecule has 0 aromatic carbocycles. The van der Waals surface area contributed by atoms with Crippen LogP contribution in [0.4, 0.5) is 0 Å². The van der Waals surface area contributed by atoms with Crippen LogP contribution in [0.25, 0.3) is 0 Å². The molecule has 1 saturated carbocycles. The van der Waals surface area contributed by atoms with E-state index in [0.29, 0.717) is 11.5 Å². The van der Waals surface area contributed by atoms with E-state index in [2.05, 4.69) is 29.1 Å². The minimum atomic E-state index is 0.558. The van der Waals surface area contributed by atoms with E-state index < -0.39 is 0 Å². The number of H-pyrrole nitrogens is 1. The molecule has 0 atom stereocenters. The molecule has 0 saturated heterocycles. The molecule has 0 unspecified atom stereocenters. The van der Waals surface area contributed by atoms with E-state index >= 15 is 0 Å². The lowest BCUT2D eigenvalue weighted by molar-refractivity contribution is 0.205. The summed E-state index contributed by atoms with van der Waals surface area (Å²) < 4.78 is 0. The second-order valence-electron chi connectivity index (χ2n) is 5.36. The van der Waals surface area contributed by atoms with Crippen LogP contribution >= 0.6 is 0 Å². The Kier molecular flexibility index (Phi) is 3.10. The highest BCUT2D eigenvalue weighted by Gasteiger charge is 2.26. The van der Waals surface area contributed by atoms with Gasteiger partial charge in [-0.3, -0.25) is 0 Å². The number of aromatic amines is 1. The average Bonchev–Trinajstić information content (AvgIpc) is 2.69. The summed E-state index contributed by atoms with van der Waals surface area (Å²) >= 11 is 0. The van der Waals surface area contributed by atoms with Gasteiger partial charge in [-0.05, 0) is 31.1 Å². The summed E-state index contributed by atoms with van der Waals surface area (Å²) in [5.74, 6) is 1.04. The SMILES string of the molecule is CC1(C)CCC(NCc2ncc[nH]2)CC1. The van der Waals surface area contributed by atoms with E-state index in [-0.39, 0.29) is 0 Å². The molecule has 0 bridgehead atoms. The fourth-order valence-electron chi connectivity index (χ4n) is 2.24. The third kappa shape index (κ3) is 3.06. The van der Waals surface area contributed by atoms with Crippen LogP contribution in [0, 0.1) is 5.41 Å². The average molecular weight is 207 g/mol. The topological polar surface area (TPSA) is 40.7 Å². The van der Waals surface area contributed by atoms with Crippen LogP contribution in [0.5, 0.6) is 0 Å². The summed E-state index contributed by atoms with van der Waals surface area (Å²) in [6, 6.07) is 0.683. The lowest BCUT2D eigenvalue weighted by Crippen LogP contribution is -2.35. The highest BCUT2D eigenvalue weighted by Crippen LogP contribution is 2.34. The maximum absolute atomic E-state index is 4.21. The number of hydrogen-bond donors (Lipinski definition) is 2. The van der Waals surface area contributed by atoms with Gasteiger partial charge in [0.25, 0.3) is 0 Å². The van der Waals surface area contributed by atoms with Gasteiger partial charge in [0.15, 0.2) is 0 Å². The molecule has 0 radical (unpaired) electrons. The van der Waals surface area contributed by atoms with Gasteiger partial charge in [-0.1, -0.05) is 13.8 Å². The van der Waals surface area contributed by atoms with Crippen molar-refractivity contribution in [2.45, 2.75) is 52.1 Å². The largest absolute Gasteiger partial charge is 0.348 e. The first-order valence-electron chi connectivity index (χ1n) is 5.87. The van der Waals surface area contributed by atoms with Gasteiger partial charge in [0, 0.05) is 18.4 Å². The van der Waals surface area contributed by atoms with Crippen molar-refractivity contribution in [1.29, 1.82) is 0 Å². The van der Waals surface area contributed by atoms with Crippen molar-refractivity contribution >= 4 is 0 Å². The van der Waals surface area contributed by atoms with Gasteiger partial charge in [-0.25, -0.2) is 4.98 Å². The third-order valence-electron chi connectivity index (χ3n) is 3.45. The van der Waals surface area contributed by atoms with Crippen molar-refractivity contribution in [3.8, 4) is 0 Å². The van der Waals surface area contributed by atoms with Gasteiger partial charge in [-0.15, -0.1) is 0 Å². The Morgan fingerprint density at radius 3 is 2.80 bits per heavy atom. The zero-order chi connectivity index (χ0) is 10.7. The van der Waals surface area contributed by atoms with E-state index in [4.69, 9.17) is 0 Å². The number of rotatable bonds is 3. The number of nitrogens with zero attached hydrogens (tertiary/aromatic N) is 1. The molecule has 1 aliphatic carbocycles. The molecule has 84 valence electrons. The van der Waals surface area contributed by atoms with Gasteiger partial charge in [0.2, 0.25) is 0 Å². The second kappa shape index (κ2) is 4.35. The number of aromatic nitrogens is 2. The molecule has 0 aliphatic heterocycles.